The van der Waals surface area contributed by atoms with E-state index < -0.39 is 11.9 Å². The minimum atomic E-state index is -0.610. The summed E-state index contributed by atoms with van der Waals surface area (Å²) in [6.07, 6.45) is 1.51. The molecular formula is C21H16ClNO7. The van der Waals surface area contributed by atoms with E-state index in [0.717, 1.165) is 0 Å². The van der Waals surface area contributed by atoms with Gasteiger partial charge in [0.05, 0.1) is 11.6 Å². The third-order valence-electron chi connectivity index (χ3n) is 4.12. The number of hydrogen-bond acceptors (Lipinski definition) is 8. The first kappa shape index (κ1) is 19.8. The van der Waals surface area contributed by atoms with Gasteiger partial charge in [-0.05, 0) is 48.9 Å². The maximum absolute atomic E-state index is 12.3. The molecule has 8 nitrogen and oxygen atoms in total. The van der Waals surface area contributed by atoms with Crippen LogP contribution >= 0.6 is 11.6 Å². The van der Waals surface area contributed by atoms with Gasteiger partial charge in [-0.3, -0.25) is 4.79 Å². The van der Waals surface area contributed by atoms with Gasteiger partial charge in [0.15, 0.2) is 28.7 Å². The first-order valence-corrected chi connectivity index (χ1v) is 9.39. The van der Waals surface area contributed by atoms with Crippen molar-refractivity contribution in [1.29, 1.82) is 0 Å². The number of ether oxygens (including phenoxy) is 5. The number of fused-ring (bicyclic) bond motifs is 1. The van der Waals surface area contributed by atoms with Gasteiger partial charge >= 0.3 is 11.9 Å². The number of rotatable bonds is 5. The summed E-state index contributed by atoms with van der Waals surface area (Å²) in [7, 11) is 0. The number of cyclic esters (lactones) is 1. The van der Waals surface area contributed by atoms with E-state index in [2.05, 4.69) is 4.99 Å². The van der Waals surface area contributed by atoms with Crippen molar-refractivity contribution in [2.24, 2.45) is 4.99 Å². The summed E-state index contributed by atoms with van der Waals surface area (Å²) in [5, 5.41) is 0.161. The zero-order valence-corrected chi connectivity index (χ0v) is 16.8. The van der Waals surface area contributed by atoms with Crippen molar-refractivity contribution in [3.8, 4) is 23.0 Å². The Labute approximate surface area is 176 Å². The summed E-state index contributed by atoms with van der Waals surface area (Å²) >= 11 is 6.25. The Morgan fingerprint density at radius 1 is 1.23 bits per heavy atom. The molecule has 2 aliphatic heterocycles. The van der Waals surface area contributed by atoms with E-state index in [-0.39, 0.29) is 34.9 Å². The number of aliphatic imine (C=N–C) groups is 1. The Morgan fingerprint density at radius 3 is 2.80 bits per heavy atom. The Hall–Kier alpha value is -3.52. The van der Waals surface area contributed by atoms with E-state index in [9.17, 15) is 9.59 Å². The van der Waals surface area contributed by atoms with E-state index in [1.807, 2.05) is 0 Å². The van der Waals surface area contributed by atoms with Crippen molar-refractivity contribution in [1.82, 2.24) is 0 Å². The monoisotopic (exact) mass is 429 g/mol. The second kappa shape index (κ2) is 8.08. The van der Waals surface area contributed by atoms with Crippen molar-refractivity contribution >= 4 is 35.5 Å². The van der Waals surface area contributed by atoms with Gasteiger partial charge < -0.3 is 23.7 Å². The summed E-state index contributed by atoms with van der Waals surface area (Å²) in [5.74, 6) is 0.577. The van der Waals surface area contributed by atoms with Crippen molar-refractivity contribution in [2.45, 2.75) is 13.8 Å². The highest BCUT2D eigenvalue weighted by Gasteiger charge is 2.26. The maximum atomic E-state index is 12.3. The summed E-state index contributed by atoms with van der Waals surface area (Å²) in [6.45, 7) is 3.53. The molecule has 0 unspecified atom stereocenters. The second-order valence-electron chi connectivity index (χ2n) is 6.26. The summed E-state index contributed by atoms with van der Waals surface area (Å²) < 4.78 is 26.5. The van der Waals surface area contributed by atoms with Crippen LogP contribution in [0.5, 0.6) is 23.0 Å². The van der Waals surface area contributed by atoms with Crippen molar-refractivity contribution < 1.29 is 33.3 Å². The number of halogens is 1. The van der Waals surface area contributed by atoms with Crippen LogP contribution in [0.15, 0.2) is 41.0 Å². The van der Waals surface area contributed by atoms with Gasteiger partial charge in [-0.1, -0.05) is 11.6 Å². The smallest absolute Gasteiger partial charge is 0.363 e. The van der Waals surface area contributed by atoms with Gasteiger partial charge in [0.2, 0.25) is 12.7 Å². The first-order chi connectivity index (χ1) is 14.4. The molecule has 0 amide bonds. The zero-order chi connectivity index (χ0) is 21.3. The summed E-state index contributed by atoms with van der Waals surface area (Å²) in [4.78, 5) is 27.9. The van der Waals surface area contributed by atoms with Crippen LogP contribution in [0.4, 0.5) is 0 Å². The molecule has 0 saturated carbocycles. The molecule has 0 saturated heterocycles. The highest BCUT2D eigenvalue weighted by atomic mass is 35.5. The van der Waals surface area contributed by atoms with Crippen LogP contribution in [-0.4, -0.2) is 31.2 Å². The Bertz CT molecular complexity index is 1110. The molecule has 0 aliphatic carbocycles. The molecule has 0 aromatic heterocycles. The molecule has 0 spiro atoms. The summed E-state index contributed by atoms with van der Waals surface area (Å²) in [6, 6.07) is 8.27. The number of nitrogens with zero attached hydrogens (tertiary/aromatic N) is 1. The van der Waals surface area contributed by atoms with Crippen LogP contribution in [0.2, 0.25) is 5.02 Å². The Morgan fingerprint density at radius 2 is 2.03 bits per heavy atom. The quantitative estimate of drug-likeness (QED) is 0.406. The van der Waals surface area contributed by atoms with Crippen molar-refractivity contribution in [2.75, 3.05) is 13.4 Å². The molecule has 2 heterocycles. The third-order valence-corrected chi connectivity index (χ3v) is 4.40. The van der Waals surface area contributed by atoms with Crippen LogP contribution in [0.3, 0.4) is 0 Å². The SMILES string of the molecule is CCOc1cc(/C=C2/N=C(c3ccc4c(c3)OCO4)OC2=O)cc(Cl)c1OC(C)=O. The second-order valence-corrected chi connectivity index (χ2v) is 6.67. The highest BCUT2D eigenvalue weighted by Crippen LogP contribution is 2.38. The molecule has 30 heavy (non-hydrogen) atoms. The lowest BCUT2D eigenvalue weighted by Crippen LogP contribution is -2.05. The normalized spacial score (nSPS) is 15.8. The molecule has 0 fully saturated rings. The fraction of sp³-hybridized carbons (Fsp3) is 0.190. The van der Waals surface area contributed by atoms with Crippen LogP contribution < -0.4 is 18.9 Å². The fourth-order valence-corrected chi connectivity index (χ4v) is 3.15. The molecule has 0 radical (unpaired) electrons. The average Bonchev–Trinajstić information content (AvgIpc) is 3.30. The lowest BCUT2D eigenvalue weighted by molar-refractivity contribution is -0.132. The standard InChI is InChI=1S/C21H16ClNO7/c1-3-26-18-8-12(6-14(22)19(18)29-11(2)24)7-15-21(25)30-20(23-15)13-4-5-16-17(9-13)28-10-27-16/h4-9H,3,10H2,1-2H3/b15-7+. The van der Waals surface area contributed by atoms with Gasteiger partial charge in [0.1, 0.15) is 0 Å². The minimum Gasteiger partial charge on any atom is -0.490 e. The van der Waals surface area contributed by atoms with Gasteiger partial charge in [0, 0.05) is 12.5 Å². The average molecular weight is 430 g/mol. The molecule has 2 aromatic carbocycles. The van der Waals surface area contributed by atoms with Crippen molar-refractivity contribution in [3.05, 3.63) is 52.2 Å². The molecule has 0 atom stereocenters. The zero-order valence-electron chi connectivity index (χ0n) is 16.1. The molecular weight excluding hydrogens is 414 g/mol. The lowest BCUT2D eigenvalue weighted by atomic mass is 10.1. The molecule has 154 valence electrons. The number of esters is 2. The topological polar surface area (TPSA) is 92.7 Å². The fourth-order valence-electron chi connectivity index (χ4n) is 2.90. The first-order valence-electron chi connectivity index (χ1n) is 9.02. The third kappa shape index (κ3) is 3.95. The molecule has 9 heteroatoms. The molecule has 2 aliphatic rings. The van der Waals surface area contributed by atoms with Gasteiger partial charge in [-0.2, -0.15) is 0 Å². The van der Waals surface area contributed by atoms with Crippen molar-refractivity contribution in [3.63, 3.8) is 0 Å². The number of hydrogen-bond donors (Lipinski definition) is 0. The van der Waals surface area contributed by atoms with Gasteiger partial charge in [-0.15, -0.1) is 0 Å². The van der Waals surface area contributed by atoms with E-state index in [1.165, 1.54) is 19.1 Å². The number of carbonyl (C=O) groups is 2. The number of benzene rings is 2. The van der Waals surface area contributed by atoms with Crippen LogP contribution in [-0.2, 0) is 14.3 Å². The molecule has 0 N–H and O–H groups in total. The minimum absolute atomic E-state index is 0.0846. The molecule has 0 bridgehead atoms. The molecule has 2 aromatic rings. The van der Waals surface area contributed by atoms with E-state index in [0.29, 0.717) is 29.2 Å². The summed E-state index contributed by atoms with van der Waals surface area (Å²) in [5.41, 5.74) is 1.19. The van der Waals surface area contributed by atoms with Gasteiger partial charge in [-0.25, -0.2) is 9.79 Å². The molecule has 4 rings (SSSR count). The maximum Gasteiger partial charge on any atom is 0.363 e. The van der Waals surface area contributed by atoms with Gasteiger partial charge in [0.25, 0.3) is 0 Å². The number of carbonyl (C=O) groups excluding carboxylic acids is 2. The van der Waals surface area contributed by atoms with Crippen LogP contribution in [0, 0.1) is 0 Å². The van der Waals surface area contributed by atoms with Crippen LogP contribution in [0.25, 0.3) is 6.08 Å². The predicted octanol–water partition coefficient (Wildman–Crippen LogP) is 3.74. The largest absolute Gasteiger partial charge is 0.490 e. The van der Waals surface area contributed by atoms with E-state index in [1.54, 1.807) is 31.2 Å². The predicted molar refractivity (Wildman–Crippen MR) is 107 cm³/mol. The van der Waals surface area contributed by atoms with E-state index in [4.69, 9.17) is 35.3 Å². The highest BCUT2D eigenvalue weighted by molar-refractivity contribution is 6.32. The van der Waals surface area contributed by atoms with Crippen LogP contribution in [0.1, 0.15) is 25.0 Å². The Kier molecular flexibility index (Phi) is 5.33. The van der Waals surface area contributed by atoms with E-state index >= 15 is 0 Å². The Balaban J connectivity index is 1.67. The lowest BCUT2D eigenvalue weighted by Gasteiger charge is -2.12.